The number of rotatable bonds is 6. The number of nitrogens with one attached hydrogen (secondary N) is 1. The highest BCUT2D eigenvalue weighted by Gasteiger charge is 2.22. The highest BCUT2D eigenvalue weighted by atomic mass is 16.6. The first-order valence-electron chi connectivity index (χ1n) is 6.89. The van der Waals surface area contributed by atoms with Crippen LogP contribution in [-0.2, 0) is 0 Å². The molecule has 0 bridgehead atoms. The molecule has 0 atom stereocenters. The van der Waals surface area contributed by atoms with Crippen molar-refractivity contribution in [1.82, 2.24) is 4.98 Å². The fourth-order valence-electron chi connectivity index (χ4n) is 2.12. The summed E-state index contributed by atoms with van der Waals surface area (Å²) in [6.45, 7) is 5.20. The lowest BCUT2D eigenvalue weighted by atomic mass is 10.2. The summed E-state index contributed by atoms with van der Waals surface area (Å²) < 4.78 is 0. The van der Waals surface area contributed by atoms with Crippen molar-refractivity contribution in [2.75, 3.05) is 23.3 Å². The molecule has 0 unspecified atom stereocenters. The predicted molar refractivity (Wildman–Crippen MR) is 84.2 cm³/mol. The van der Waals surface area contributed by atoms with Gasteiger partial charge in [-0.2, -0.15) is 0 Å². The fourth-order valence-corrected chi connectivity index (χ4v) is 2.12. The minimum Gasteiger partial charge on any atom is -0.370 e. The third-order valence-corrected chi connectivity index (χ3v) is 3.05. The van der Waals surface area contributed by atoms with Gasteiger partial charge in [-0.1, -0.05) is 18.2 Å². The molecule has 1 aromatic carbocycles. The average Bonchev–Trinajstić information content (AvgIpc) is 2.49. The van der Waals surface area contributed by atoms with E-state index in [1.54, 1.807) is 6.07 Å². The highest BCUT2D eigenvalue weighted by Crippen LogP contribution is 2.32. The van der Waals surface area contributed by atoms with Crippen LogP contribution in [0.3, 0.4) is 0 Å². The van der Waals surface area contributed by atoms with Crippen LogP contribution in [0.25, 0.3) is 0 Å². The molecular formula is C15H18N4O2. The second-order valence-corrected chi connectivity index (χ2v) is 4.41. The second kappa shape index (κ2) is 6.69. The second-order valence-electron chi connectivity index (χ2n) is 4.41. The molecule has 0 aliphatic heterocycles. The van der Waals surface area contributed by atoms with E-state index in [1.165, 1.54) is 6.07 Å². The first kappa shape index (κ1) is 14.8. The molecule has 1 N–H and O–H groups in total. The molecule has 0 saturated carbocycles. The molecule has 0 fully saturated rings. The number of nitrogens with zero attached hydrogens (tertiary/aromatic N) is 3. The monoisotopic (exact) mass is 286 g/mol. The zero-order chi connectivity index (χ0) is 15.2. The van der Waals surface area contributed by atoms with Crippen LogP contribution in [0.2, 0.25) is 0 Å². The number of benzene rings is 1. The molecule has 6 heteroatoms. The first-order chi connectivity index (χ1) is 10.2. The minimum absolute atomic E-state index is 0.00218. The standard InChI is InChI=1S/C15H18N4O2/c1-3-16-14-11-10-13(19(20)21)15(17-14)18(4-2)12-8-6-5-7-9-12/h5-11H,3-4H2,1-2H3,(H,16,17). The Morgan fingerprint density at radius 1 is 1.19 bits per heavy atom. The van der Waals surface area contributed by atoms with Crippen molar-refractivity contribution in [1.29, 1.82) is 0 Å². The summed E-state index contributed by atoms with van der Waals surface area (Å²) in [4.78, 5) is 17.1. The van der Waals surface area contributed by atoms with E-state index in [9.17, 15) is 10.1 Å². The SMILES string of the molecule is CCNc1ccc([N+](=O)[O-])c(N(CC)c2ccccc2)n1. The zero-order valence-electron chi connectivity index (χ0n) is 12.1. The number of anilines is 3. The molecule has 2 rings (SSSR count). The van der Waals surface area contributed by atoms with E-state index in [0.717, 1.165) is 5.69 Å². The highest BCUT2D eigenvalue weighted by molar-refractivity contribution is 5.70. The van der Waals surface area contributed by atoms with Crippen molar-refractivity contribution in [3.05, 3.63) is 52.6 Å². The molecule has 0 aliphatic carbocycles. The Kier molecular flexibility index (Phi) is 4.71. The maximum absolute atomic E-state index is 11.3. The Morgan fingerprint density at radius 3 is 2.48 bits per heavy atom. The van der Waals surface area contributed by atoms with Gasteiger partial charge in [-0.3, -0.25) is 10.1 Å². The van der Waals surface area contributed by atoms with E-state index in [4.69, 9.17) is 0 Å². The first-order valence-corrected chi connectivity index (χ1v) is 6.89. The molecule has 2 aromatic rings. The topological polar surface area (TPSA) is 71.3 Å². The van der Waals surface area contributed by atoms with Crippen LogP contribution in [0.15, 0.2) is 42.5 Å². The molecule has 21 heavy (non-hydrogen) atoms. The van der Waals surface area contributed by atoms with Crippen LogP contribution in [0.4, 0.5) is 23.0 Å². The van der Waals surface area contributed by atoms with E-state index in [2.05, 4.69) is 10.3 Å². The van der Waals surface area contributed by atoms with Crippen LogP contribution < -0.4 is 10.2 Å². The fraction of sp³-hybridized carbons (Fsp3) is 0.267. The van der Waals surface area contributed by atoms with E-state index in [1.807, 2.05) is 49.1 Å². The van der Waals surface area contributed by atoms with Gasteiger partial charge < -0.3 is 10.2 Å². The van der Waals surface area contributed by atoms with Gasteiger partial charge in [0.1, 0.15) is 5.82 Å². The van der Waals surface area contributed by atoms with Crippen LogP contribution in [-0.4, -0.2) is 23.0 Å². The smallest absolute Gasteiger partial charge is 0.312 e. The van der Waals surface area contributed by atoms with Crippen LogP contribution in [0, 0.1) is 10.1 Å². The number of pyridine rings is 1. The number of para-hydroxylation sites is 1. The van der Waals surface area contributed by atoms with Gasteiger partial charge in [0.15, 0.2) is 0 Å². The van der Waals surface area contributed by atoms with Gasteiger partial charge in [0, 0.05) is 24.8 Å². The predicted octanol–water partition coefficient (Wildman–Crippen LogP) is 3.58. The molecule has 0 amide bonds. The molecule has 0 saturated heterocycles. The molecule has 0 aliphatic rings. The Balaban J connectivity index is 2.52. The number of hydrogen-bond acceptors (Lipinski definition) is 5. The van der Waals surface area contributed by atoms with Crippen molar-refractivity contribution in [3.63, 3.8) is 0 Å². The molecule has 1 aromatic heterocycles. The largest absolute Gasteiger partial charge is 0.370 e. The van der Waals surface area contributed by atoms with Crippen molar-refractivity contribution in [2.45, 2.75) is 13.8 Å². The lowest BCUT2D eigenvalue weighted by Crippen LogP contribution is -2.19. The Bertz CT molecular complexity index is 616. The Hall–Kier alpha value is -2.63. The van der Waals surface area contributed by atoms with Crippen LogP contribution >= 0.6 is 0 Å². The molecule has 0 spiro atoms. The maximum atomic E-state index is 11.3. The summed E-state index contributed by atoms with van der Waals surface area (Å²) >= 11 is 0. The van der Waals surface area contributed by atoms with Crippen LogP contribution in [0.1, 0.15) is 13.8 Å². The van der Waals surface area contributed by atoms with E-state index >= 15 is 0 Å². The zero-order valence-corrected chi connectivity index (χ0v) is 12.1. The van der Waals surface area contributed by atoms with Gasteiger partial charge in [0.25, 0.3) is 0 Å². The van der Waals surface area contributed by atoms with Gasteiger partial charge >= 0.3 is 5.69 Å². The van der Waals surface area contributed by atoms with Crippen LogP contribution in [0.5, 0.6) is 0 Å². The number of aromatic nitrogens is 1. The summed E-state index contributed by atoms with van der Waals surface area (Å²) in [6.07, 6.45) is 0. The van der Waals surface area contributed by atoms with Gasteiger partial charge in [-0.15, -0.1) is 0 Å². The van der Waals surface area contributed by atoms with Crippen molar-refractivity contribution in [3.8, 4) is 0 Å². The summed E-state index contributed by atoms with van der Waals surface area (Å²) in [5.41, 5.74) is 0.881. The third-order valence-electron chi connectivity index (χ3n) is 3.05. The van der Waals surface area contributed by atoms with Gasteiger partial charge in [-0.25, -0.2) is 4.98 Å². The molecular weight excluding hydrogens is 268 g/mol. The Labute approximate surface area is 123 Å². The number of hydrogen-bond donors (Lipinski definition) is 1. The van der Waals surface area contributed by atoms with Gasteiger partial charge in [0.05, 0.1) is 4.92 Å². The normalized spacial score (nSPS) is 10.2. The summed E-state index contributed by atoms with van der Waals surface area (Å²) in [5, 5.41) is 14.3. The van der Waals surface area contributed by atoms with Crippen molar-refractivity contribution >= 4 is 23.0 Å². The summed E-state index contributed by atoms with van der Waals surface area (Å²) in [5.74, 6) is 0.986. The molecule has 6 nitrogen and oxygen atoms in total. The molecule has 110 valence electrons. The van der Waals surface area contributed by atoms with Gasteiger partial charge in [0.2, 0.25) is 5.82 Å². The third kappa shape index (κ3) is 3.28. The minimum atomic E-state index is -0.399. The quantitative estimate of drug-likeness (QED) is 0.649. The van der Waals surface area contributed by atoms with E-state index in [-0.39, 0.29) is 5.69 Å². The van der Waals surface area contributed by atoms with E-state index < -0.39 is 4.92 Å². The van der Waals surface area contributed by atoms with Gasteiger partial charge in [-0.05, 0) is 32.0 Å². The van der Waals surface area contributed by atoms with E-state index in [0.29, 0.717) is 24.7 Å². The molecule has 1 heterocycles. The lowest BCUT2D eigenvalue weighted by molar-refractivity contribution is -0.384. The Morgan fingerprint density at radius 2 is 1.90 bits per heavy atom. The summed E-state index contributed by atoms with van der Waals surface area (Å²) in [7, 11) is 0. The van der Waals surface area contributed by atoms with Crippen molar-refractivity contribution in [2.24, 2.45) is 0 Å². The maximum Gasteiger partial charge on any atom is 0.312 e. The average molecular weight is 286 g/mol. The molecule has 0 radical (unpaired) electrons. The lowest BCUT2D eigenvalue weighted by Gasteiger charge is -2.22. The number of nitro groups is 1. The van der Waals surface area contributed by atoms with Crippen molar-refractivity contribution < 1.29 is 4.92 Å². The summed E-state index contributed by atoms with van der Waals surface area (Å²) in [6, 6.07) is 12.7.